The highest BCUT2D eigenvalue weighted by Crippen LogP contribution is 2.49. The van der Waals surface area contributed by atoms with E-state index in [4.69, 9.17) is 9.47 Å². The SMILES string of the molecule is Oc1ccc2c3c(ccc2c1)-c1c(F)ccc(F)c1OC3c1ccc(OCCC2CCCCCN2)cc1. The predicted molar refractivity (Wildman–Crippen MR) is 140 cm³/mol. The summed E-state index contributed by atoms with van der Waals surface area (Å²) in [5, 5.41) is 15.2. The lowest BCUT2D eigenvalue weighted by molar-refractivity contribution is 0.231. The quantitative estimate of drug-likeness (QED) is 0.302. The molecule has 0 radical (unpaired) electrons. The number of fused-ring (bicyclic) bond motifs is 5. The number of phenols is 1. The van der Waals surface area contributed by atoms with Crippen LogP contribution in [0.4, 0.5) is 8.78 Å². The predicted octanol–water partition coefficient (Wildman–Crippen LogP) is 7.27. The van der Waals surface area contributed by atoms with Gasteiger partial charge in [0.2, 0.25) is 0 Å². The van der Waals surface area contributed by atoms with Gasteiger partial charge in [-0.3, -0.25) is 0 Å². The van der Waals surface area contributed by atoms with Gasteiger partial charge < -0.3 is 19.9 Å². The van der Waals surface area contributed by atoms with E-state index in [1.54, 1.807) is 24.3 Å². The number of hydrogen-bond acceptors (Lipinski definition) is 4. The molecule has 0 aromatic heterocycles. The van der Waals surface area contributed by atoms with Crippen molar-refractivity contribution in [2.75, 3.05) is 13.2 Å². The summed E-state index contributed by atoms with van der Waals surface area (Å²) in [5.41, 5.74) is 2.24. The third-order valence-electron chi connectivity index (χ3n) is 7.45. The Morgan fingerprint density at radius 2 is 1.76 bits per heavy atom. The maximum atomic E-state index is 14.9. The van der Waals surface area contributed by atoms with Crippen LogP contribution in [0, 0.1) is 11.6 Å². The molecule has 37 heavy (non-hydrogen) atoms. The average Bonchev–Trinajstić information content (AvgIpc) is 3.19. The smallest absolute Gasteiger partial charge is 0.167 e. The van der Waals surface area contributed by atoms with Gasteiger partial charge in [-0.1, -0.05) is 43.2 Å². The lowest BCUT2D eigenvalue weighted by Crippen LogP contribution is -2.29. The summed E-state index contributed by atoms with van der Waals surface area (Å²) in [5.74, 6) is -0.342. The van der Waals surface area contributed by atoms with Gasteiger partial charge in [-0.25, -0.2) is 8.78 Å². The summed E-state index contributed by atoms with van der Waals surface area (Å²) in [6.45, 7) is 1.70. The largest absolute Gasteiger partial charge is 0.508 e. The number of phenolic OH excluding ortho intramolecular Hbond substituents is 1. The summed E-state index contributed by atoms with van der Waals surface area (Å²) >= 11 is 0. The number of benzene rings is 4. The Labute approximate surface area is 214 Å². The van der Waals surface area contributed by atoms with Gasteiger partial charge in [-0.2, -0.15) is 0 Å². The van der Waals surface area contributed by atoms with E-state index >= 15 is 0 Å². The summed E-state index contributed by atoms with van der Waals surface area (Å²) in [6.07, 6.45) is 5.28. The topological polar surface area (TPSA) is 50.7 Å². The number of aromatic hydroxyl groups is 1. The van der Waals surface area contributed by atoms with Gasteiger partial charge in [0, 0.05) is 11.6 Å². The number of hydrogen-bond donors (Lipinski definition) is 2. The summed E-state index contributed by atoms with van der Waals surface area (Å²) in [4.78, 5) is 0. The fraction of sp³-hybridized carbons (Fsp3) is 0.290. The highest BCUT2D eigenvalue weighted by molar-refractivity contribution is 5.95. The molecule has 2 N–H and O–H groups in total. The van der Waals surface area contributed by atoms with Gasteiger partial charge in [0.05, 0.1) is 12.2 Å². The van der Waals surface area contributed by atoms with Gasteiger partial charge >= 0.3 is 0 Å². The van der Waals surface area contributed by atoms with E-state index in [1.807, 2.05) is 30.3 Å². The third-order valence-corrected chi connectivity index (χ3v) is 7.45. The van der Waals surface area contributed by atoms with Crippen molar-refractivity contribution >= 4 is 10.8 Å². The van der Waals surface area contributed by atoms with Crippen molar-refractivity contribution in [2.24, 2.45) is 0 Å². The van der Waals surface area contributed by atoms with Crippen LogP contribution in [0.3, 0.4) is 0 Å². The number of nitrogens with one attached hydrogen (secondary N) is 1. The van der Waals surface area contributed by atoms with Crippen molar-refractivity contribution in [3.63, 3.8) is 0 Å². The zero-order valence-corrected chi connectivity index (χ0v) is 20.5. The van der Waals surface area contributed by atoms with Gasteiger partial charge in [0.1, 0.15) is 17.3 Å². The Hall–Kier alpha value is -3.64. The molecular formula is C31H29F2NO3. The van der Waals surface area contributed by atoms with Crippen LogP contribution in [0.1, 0.15) is 49.3 Å². The van der Waals surface area contributed by atoms with Gasteiger partial charge in [0.15, 0.2) is 17.7 Å². The van der Waals surface area contributed by atoms with Crippen LogP contribution in [0.25, 0.3) is 21.9 Å². The van der Waals surface area contributed by atoms with E-state index in [-0.39, 0.29) is 17.1 Å². The first-order chi connectivity index (χ1) is 18.1. The van der Waals surface area contributed by atoms with E-state index in [1.165, 1.54) is 25.7 Å². The van der Waals surface area contributed by atoms with E-state index in [9.17, 15) is 13.9 Å². The second kappa shape index (κ2) is 10.0. The third kappa shape index (κ3) is 4.62. The number of rotatable bonds is 5. The zero-order chi connectivity index (χ0) is 25.4. The van der Waals surface area contributed by atoms with Crippen LogP contribution in [-0.4, -0.2) is 24.3 Å². The molecule has 0 bridgehead atoms. The maximum absolute atomic E-state index is 14.9. The van der Waals surface area contributed by atoms with Crippen molar-refractivity contribution in [1.29, 1.82) is 0 Å². The van der Waals surface area contributed by atoms with Crippen molar-refractivity contribution in [2.45, 2.75) is 44.2 Å². The van der Waals surface area contributed by atoms with Gasteiger partial charge in [-0.15, -0.1) is 0 Å². The molecule has 2 heterocycles. The molecular weight excluding hydrogens is 472 g/mol. The fourth-order valence-corrected chi connectivity index (χ4v) is 5.56. The minimum absolute atomic E-state index is 0.0909. The molecule has 0 amide bonds. The van der Waals surface area contributed by atoms with Crippen LogP contribution in [0.5, 0.6) is 17.2 Å². The first-order valence-electron chi connectivity index (χ1n) is 13.0. The van der Waals surface area contributed by atoms with Crippen molar-refractivity contribution in [3.8, 4) is 28.4 Å². The van der Waals surface area contributed by atoms with Crippen molar-refractivity contribution in [1.82, 2.24) is 5.32 Å². The summed E-state index contributed by atoms with van der Waals surface area (Å²) in [7, 11) is 0. The van der Waals surface area contributed by atoms with Crippen LogP contribution in [0.15, 0.2) is 66.7 Å². The fourth-order valence-electron chi connectivity index (χ4n) is 5.56. The Bertz CT molecular complexity index is 1430. The molecule has 0 spiro atoms. The van der Waals surface area contributed by atoms with Crippen LogP contribution in [-0.2, 0) is 0 Å². The van der Waals surface area contributed by atoms with Crippen LogP contribution >= 0.6 is 0 Å². The molecule has 2 aliphatic heterocycles. The number of ether oxygens (including phenoxy) is 2. The average molecular weight is 502 g/mol. The van der Waals surface area contributed by atoms with Crippen molar-refractivity contribution in [3.05, 3.63) is 89.5 Å². The standard InChI is InChI=1S/C31H29F2NO3/c32-26-13-14-27(33)31-29(26)25-11-7-20-18-22(35)8-12-24(20)28(25)30(37-31)19-5-9-23(10-6-19)36-17-15-21-4-2-1-3-16-34-21/h5-14,18,21,30,34-35H,1-4,15-17H2. The molecule has 1 fully saturated rings. The minimum Gasteiger partial charge on any atom is -0.508 e. The summed E-state index contributed by atoms with van der Waals surface area (Å²) in [6, 6.07) is 19.0. The molecule has 4 aromatic carbocycles. The van der Waals surface area contributed by atoms with Crippen molar-refractivity contribution < 1.29 is 23.4 Å². The molecule has 1 saturated heterocycles. The lowest BCUT2D eigenvalue weighted by atomic mass is 9.85. The first-order valence-corrected chi connectivity index (χ1v) is 13.0. The second-order valence-electron chi connectivity index (χ2n) is 9.87. The highest BCUT2D eigenvalue weighted by atomic mass is 19.1. The van der Waals surface area contributed by atoms with E-state index < -0.39 is 17.7 Å². The Morgan fingerprint density at radius 3 is 2.62 bits per heavy atom. The summed E-state index contributed by atoms with van der Waals surface area (Å²) < 4.78 is 42.0. The highest BCUT2D eigenvalue weighted by Gasteiger charge is 2.33. The molecule has 190 valence electrons. The Balaban J connectivity index is 1.32. The van der Waals surface area contributed by atoms with E-state index in [2.05, 4.69) is 5.32 Å². The molecule has 0 aliphatic carbocycles. The number of halogens is 2. The molecule has 2 unspecified atom stereocenters. The molecule has 0 saturated carbocycles. The second-order valence-corrected chi connectivity index (χ2v) is 9.87. The van der Waals surface area contributed by atoms with Crippen LogP contribution in [0.2, 0.25) is 0 Å². The Morgan fingerprint density at radius 1 is 0.919 bits per heavy atom. The van der Waals surface area contributed by atoms with Gasteiger partial charge in [-0.05, 0) is 84.1 Å². The molecule has 6 heteroatoms. The first kappa shape index (κ1) is 23.7. The molecule has 4 nitrogen and oxygen atoms in total. The zero-order valence-electron chi connectivity index (χ0n) is 20.5. The Kier molecular flexibility index (Phi) is 6.43. The van der Waals surface area contributed by atoms with E-state index in [0.29, 0.717) is 18.2 Å². The molecule has 6 rings (SSSR count). The van der Waals surface area contributed by atoms with E-state index in [0.717, 1.165) is 52.7 Å². The normalized spacial score (nSPS) is 19.0. The maximum Gasteiger partial charge on any atom is 0.167 e. The minimum atomic E-state index is -0.656. The van der Waals surface area contributed by atoms with Gasteiger partial charge in [0.25, 0.3) is 0 Å². The monoisotopic (exact) mass is 501 g/mol. The molecule has 2 aliphatic rings. The molecule has 2 atom stereocenters. The lowest BCUT2D eigenvalue weighted by Gasteiger charge is -2.31. The van der Waals surface area contributed by atoms with Crippen LogP contribution < -0.4 is 14.8 Å². The molecule has 4 aromatic rings.